The lowest BCUT2D eigenvalue weighted by molar-refractivity contribution is -0.164. The Bertz CT molecular complexity index is 291. The van der Waals surface area contributed by atoms with Crippen molar-refractivity contribution in [2.45, 2.75) is 24.2 Å². The third-order valence-corrected chi connectivity index (χ3v) is 4.25. The lowest BCUT2D eigenvalue weighted by Gasteiger charge is -2.32. The lowest BCUT2D eigenvalue weighted by Crippen LogP contribution is -2.51. The molecule has 2 heterocycles. The van der Waals surface area contributed by atoms with Gasteiger partial charge in [0.05, 0.1) is 6.54 Å². The number of carboxylic acid groups (broad SMARTS) is 1. The van der Waals surface area contributed by atoms with Crippen LogP contribution in [0.4, 0.5) is 0 Å². The number of thioether (sulfide) groups is 1. The molecule has 1 amide bonds. The van der Waals surface area contributed by atoms with Crippen LogP contribution in [-0.2, 0) is 14.3 Å². The summed E-state index contributed by atoms with van der Waals surface area (Å²) in [6, 6.07) is 0. The summed E-state index contributed by atoms with van der Waals surface area (Å²) in [5, 5.41) is 9.30. The molecule has 0 aromatic rings. The standard InChI is InChI=1S/C10H15NO4S/c12-9-6-15-8(10(13)14)5-11(9)4-7-2-1-3-16-7/h7-8H,1-6H2,(H,13,14). The molecule has 16 heavy (non-hydrogen) atoms. The van der Waals surface area contributed by atoms with Crippen LogP contribution in [0.2, 0.25) is 0 Å². The Labute approximate surface area is 98.1 Å². The fourth-order valence-electron chi connectivity index (χ4n) is 1.98. The van der Waals surface area contributed by atoms with Crippen LogP contribution in [0.15, 0.2) is 0 Å². The van der Waals surface area contributed by atoms with E-state index in [-0.39, 0.29) is 19.1 Å². The maximum atomic E-state index is 11.5. The van der Waals surface area contributed by atoms with Gasteiger partial charge >= 0.3 is 5.97 Å². The Balaban J connectivity index is 1.90. The SMILES string of the molecule is O=C(O)C1CN(CC2CCCS2)C(=O)CO1. The Kier molecular flexibility index (Phi) is 3.70. The molecule has 0 aromatic heterocycles. The highest BCUT2D eigenvalue weighted by Crippen LogP contribution is 2.27. The van der Waals surface area contributed by atoms with Crippen LogP contribution in [0, 0.1) is 0 Å². The number of ether oxygens (including phenoxy) is 1. The summed E-state index contributed by atoms with van der Waals surface area (Å²) in [7, 11) is 0. The Morgan fingerprint density at radius 3 is 3.06 bits per heavy atom. The van der Waals surface area contributed by atoms with Gasteiger partial charge in [-0.15, -0.1) is 0 Å². The summed E-state index contributed by atoms with van der Waals surface area (Å²) >= 11 is 1.87. The van der Waals surface area contributed by atoms with Crippen molar-refractivity contribution in [3.63, 3.8) is 0 Å². The quantitative estimate of drug-likeness (QED) is 0.769. The molecule has 2 fully saturated rings. The predicted molar refractivity (Wildman–Crippen MR) is 59.4 cm³/mol. The van der Waals surface area contributed by atoms with Gasteiger partial charge in [-0.1, -0.05) is 0 Å². The zero-order valence-corrected chi connectivity index (χ0v) is 9.74. The largest absolute Gasteiger partial charge is 0.479 e. The van der Waals surface area contributed by atoms with Gasteiger partial charge in [0.2, 0.25) is 5.91 Å². The maximum Gasteiger partial charge on any atom is 0.334 e. The number of aliphatic carboxylic acids is 1. The van der Waals surface area contributed by atoms with E-state index in [9.17, 15) is 9.59 Å². The third-order valence-electron chi connectivity index (χ3n) is 2.87. The van der Waals surface area contributed by atoms with E-state index in [1.165, 1.54) is 6.42 Å². The molecule has 0 radical (unpaired) electrons. The molecule has 90 valence electrons. The van der Waals surface area contributed by atoms with E-state index in [1.54, 1.807) is 4.90 Å². The lowest BCUT2D eigenvalue weighted by atomic mass is 10.2. The number of carbonyl (C=O) groups is 2. The summed E-state index contributed by atoms with van der Waals surface area (Å²) < 4.78 is 4.95. The molecule has 0 aliphatic carbocycles. The van der Waals surface area contributed by atoms with Crippen molar-refractivity contribution in [3.8, 4) is 0 Å². The number of rotatable bonds is 3. The minimum Gasteiger partial charge on any atom is -0.479 e. The molecule has 2 saturated heterocycles. The molecule has 6 heteroatoms. The fourth-order valence-corrected chi connectivity index (χ4v) is 3.26. The van der Waals surface area contributed by atoms with E-state index in [2.05, 4.69) is 0 Å². The average Bonchev–Trinajstić information content (AvgIpc) is 2.73. The molecule has 0 aromatic carbocycles. The first kappa shape index (κ1) is 11.7. The van der Waals surface area contributed by atoms with E-state index >= 15 is 0 Å². The fraction of sp³-hybridized carbons (Fsp3) is 0.800. The highest BCUT2D eigenvalue weighted by atomic mass is 32.2. The van der Waals surface area contributed by atoms with Crippen LogP contribution in [-0.4, -0.2) is 58.7 Å². The molecule has 2 rings (SSSR count). The molecule has 0 bridgehead atoms. The molecule has 1 N–H and O–H groups in total. The smallest absolute Gasteiger partial charge is 0.334 e. The summed E-state index contributed by atoms with van der Waals surface area (Å²) in [4.78, 5) is 24.0. The summed E-state index contributed by atoms with van der Waals surface area (Å²) in [6.07, 6.45) is 1.45. The number of hydrogen-bond donors (Lipinski definition) is 1. The predicted octanol–water partition coefficient (Wildman–Crippen LogP) is 0.194. The number of morpholine rings is 1. The second-order valence-electron chi connectivity index (χ2n) is 4.07. The van der Waals surface area contributed by atoms with Crippen LogP contribution >= 0.6 is 11.8 Å². The monoisotopic (exact) mass is 245 g/mol. The number of carbonyl (C=O) groups excluding carboxylic acids is 1. The van der Waals surface area contributed by atoms with Gasteiger partial charge in [-0.2, -0.15) is 11.8 Å². The summed E-state index contributed by atoms with van der Waals surface area (Å²) in [6.45, 7) is 0.746. The average molecular weight is 245 g/mol. The van der Waals surface area contributed by atoms with Crippen LogP contribution in [0.1, 0.15) is 12.8 Å². The van der Waals surface area contributed by atoms with E-state index < -0.39 is 12.1 Å². The van der Waals surface area contributed by atoms with E-state index in [0.29, 0.717) is 11.8 Å². The van der Waals surface area contributed by atoms with E-state index in [4.69, 9.17) is 9.84 Å². The summed E-state index contributed by atoms with van der Waals surface area (Å²) in [5.74, 6) is 0.0625. The highest BCUT2D eigenvalue weighted by molar-refractivity contribution is 8.00. The van der Waals surface area contributed by atoms with Gasteiger partial charge < -0.3 is 14.7 Å². The molecule has 2 atom stereocenters. The first-order valence-electron chi connectivity index (χ1n) is 5.40. The highest BCUT2D eigenvalue weighted by Gasteiger charge is 2.32. The zero-order valence-electron chi connectivity index (χ0n) is 8.92. The number of carboxylic acids is 1. The van der Waals surface area contributed by atoms with Crippen LogP contribution in [0.5, 0.6) is 0 Å². The molecule has 2 aliphatic rings. The van der Waals surface area contributed by atoms with Gasteiger partial charge in [0.15, 0.2) is 6.10 Å². The van der Waals surface area contributed by atoms with Crippen molar-refractivity contribution in [2.75, 3.05) is 25.4 Å². The number of amides is 1. The molecule has 5 nitrogen and oxygen atoms in total. The Morgan fingerprint density at radius 1 is 1.62 bits per heavy atom. The van der Waals surface area contributed by atoms with Crippen molar-refractivity contribution in [1.82, 2.24) is 4.90 Å². The van der Waals surface area contributed by atoms with Crippen LogP contribution in [0.25, 0.3) is 0 Å². The minimum atomic E-state index is -0.989. The van der Waals surface area contributed by atoms with Gasteiger partial charge in [0.25, 0.3) is 0 Å². The first-order chi connectivity index (χ1) is 7.66. The van der Waals surface area contributed by atoms with E-state index in [1.807, 2.05) is 11.8 Å². The van der Waals surface area contributed by atoms with Gasteiger partial charge in [-0.3, -0.25) is 4.79 Å². The minimum absolute atomic E-state index is 0.0926. The van der Waals surface area contributed by atoms with Gasteiger partial charge in [-0.25, -0.2) is 4.79 Å². The number of hydrogen-bond acceptors (Lipinski definition) is 4. The normalized spacial score (nSPS) is 30.8. The maximum absolute atomic E-state index is 11.5. The Morgan fingerprint density at radius 2 is 2.44 bits per heavy atom. The topological polar surface area (TPSA) is 66.8 Å². The zero-order chi connectivity index (χ0) is 11.5. The van der Waals surface area contributed by atoms with Gasteiger partial charge in [0.1, 0.15) is 6.61 Å². The molecular weight excluding hydrogens is 230 g/mol. The van der Waals surface area contributed by atoms with E-state index in [0.717, 1.165) is 12.2 Å². The number of nitrogens with zero attached hydrogens (tertiary/aromatic N) is 1. The van der Waals surface area contributed by atoms with Crippen molar-refractivity contribution in [3.05, 3.63) is 0 Å². The summed E-state index contributed by atoms with van der Waals surface area (Å²) in [5.41, 5.74) is 0. The second kappa shape index (κ2) is 5.05. The van der Waals surface area contributed by atoms with Gasteiger partial charge in [-0.05, 0) is 18.6 Å². The molecule has 0 spiro atoms. The van der Waals surface area contributed by atoms with Gasteiger partial charge in [0, 0.05) is 11.8 Å². The molecule has 2 aliphatic heterocycles. The second-order valence-corrected chi connectivity index (χ2v) is 5.48. The van der Waals surface area contributed by atoms with Crippen molar-refractivity contribution in [1.29, 1.82) is 0 Å². The van der Waals surface area contributed by atoms with Crippen molar-refractivity contribution >= 4 is 23.6 Å². The third kappa shape index (κ3) is 2.68. The molecular formula is C10H15NO4S. The van der Waals surface area contributed by atoms with Crippen LogP contribution in [0.3, 0.4) is 0 Å². The van der Waals surface area contributed by atoms with Crippen molar-refractivity contribution in [2.24, 2.45) is 0 Å². The molecule has 2 unspecified atom stereocenters. The Hall–Kier alpha value is -0.750. The first-order valence-corrected chi connectivity index (χ1v) is 6.45. The van der Waals surface area contributed by atoms with Crippen molar-refractivity contribution < 1.29 is 19.4 Å². The van der Waals surface area contributed by atoms with Crippen LogP contribution < -0.4 is 0 Å². The molecule has 0 saturated carbocycles.